The average Bonchev–Trinajstić information content (AvgIpc) is 2.77. The molecule has 2 heteroatoms. The largest absolute Gasteiger partial charge is 0.255 e. The van der Waals surface area contributed by atoms with Gasteiger partial charge in [-0.3, -0.25) is 10.5 Å². The van der Waals surface area contributed by atoms with E-state index < -0.39 is 0 Å². The third-order valence-electron chi connectivity index (χ3n) is 7.23. The molecule has 0 bridgehead atoms. The molecule has 0 aromatic heterocycles. The lowest BCUT2D eigenvalue weighted by Gasteiger charge is -2.29. The second-order valence-corrected chi connectivity index (χ2v) is 8.94. The first-order valence-corrected chi connectivity index (χ1v) is 11.2. The molecule has 0 heterocycles. The maximum atomic E-state index is 6.00. The highest BCUT2D eigenvalue weighted by molar-refractivity contribution is 5.37. The second kappa shape index (κ2) is 10.5. The van der Waals surface area contributed by atoms with Crippen molar-refractivity contribution < 1.29 is 10.5 Å². The Morgan fingerprint density at radius 3 is 0.885 bits per heavy atom. The predicted octanol–water partition coefficient (Wildman–Crippen LogP) is 7.85. The van der Waals surface area contributed by atoms with Crippen LogP contribution >= 0.6 is 0 Å². The molecule has 0 atom stereocenters. The first-order chi connectivity index (χ1) is 12.9. The number of hydrogen-bond acceptors (Lipinski definition) is 2. The van der Waals surface area contributed by atoms with Gasteiger partial charge in [-0.1, -0.05) is 76.0 Å². The number of hydrogen-bond donors (Lipinski definition) is 2. The molecular weight excluding hydrogens is 320 g/mol. The van der Waals surface area contributed by atoms with E-state index in [9.17, 15) is 0 Å². The van der Waals surface area contributed by atoms with Crippen LogP contribution in [0, 0.1) is 0 Å². The van der Waals surface area contributed by atoms with Gasteiger partial charge in [-0.15, -0.1) is 0 Å². The molecule has 1 aromatic carbocycles. The molecule has 0 saturated heterocycles. The summed E-state index contributed by atoms with van der Waals surface area (Å²) in [6, 6.07) is 7.95. The van der Waals surface area contributed by atoms with Gasteiger partial charge in [-0.05, 0) is 73.0 Å². The fourth-order valence-electron chi connectivity index (χ4n) is 5.72. The first kappa shape index (κ1) is 19.9. The van der Waals surface area contributed by atoms with E-state index in [0.717, 1.165) is 17.8 Å². The highest BCUT2D eigenvalue weighted by Crippen LogP contribution is 2.41. The van der Waals surface area contributed by atoms with Crippen molar-refractivity contribution in [1.82, 2.24) is 0 Å². The Bertz CT molecular complexity index is 432. The van der Waals surface area contributed by atoms with E-state index in [0.29, 0.717) is 0 Å². The molecule has 0 spiro atoms. The van der Waals surface area contributed by atoms with E-state index in [4.69, 9.17) is 10.5 Å². The van der Waals surface area contributed by atoms with E-state index in [-0.39, 0.29) is 0 Å². The minimum Gasteiger partial charge on any atom is -0.255 e. The lowest BCUT2D eigenvalue weighted by atomic mass is 9.76. The van der Waals surface area contributed by atoms with Crippen molar-refractivity contribution >= 4 is 0 Å². The van der Waals surface area contributed by atoms with Crippen LogP contribution in [0.15, 0.2) is 18.2 Å². The van der Waals surface area contributed by atoms with Gasteiger partial charge in [-0.25, -0.2) is 0 Å². The summed E-state index contributed by atoms with van der Waals surface area (Å²) in [4.78, 5) is 0. The second-order valence-electron chi connectivity index (χ2n) is 8.94. The highest BCUT2D eigenvalue weighted by Gasteiger charge is 2.23. The monoisotopic (exact) mass is 358 g/mol. The normalized spacial score (nSPS) is 23.3. The average molecular weight is 359 g/mol. The van der Waals surface area contributed by atoms with E-state index in [1.165, 1.54) is 96.3 Å². The Balaban J connectivity index is 0.000000948. The Morgan fingerprint density at radius 1 is 0.423 bits per heavy atom. The molecule has 0 unspecified atom stereocenters. The maximum absolute atomic E-state index is 6.00. The molecule has 26 heavy (non-hydrogen) atoms. The summed E-state index contributed by atoms with van der Waals surface area (Å²) in [6.45, 7) is 0. The molecular formula is C24H38O2. The lowest BCUT2D eigenvalue weighted by molar-refractivity contribution is -0.176. The SMILES string of the molecule is OO.c1c(C2CCCCC2)cc(C2CCCCC2)cc1C1CCCCC1. The van der Waals surface area contributed by atoms with Crippen molar-refractivity contribution in [3.8, 4) is 0 Å². The van der Waals surface area contributed by atoms with Crippen LogP contribution in [0.5, 0.6) is 0 Å². The van der Waals surface area contributed by atoms with Gasteiger partial charge < -0.3 is 0 Å². The molecule has 2 nitrogen and oxygen atoms in total. The summed E-state index contributed by atoms with van der Waals surface area (Å²) in [7, 11) is 0. The van der Waals surface area contributed by atoms with Gasteiger partial charge in [0.2, 0.25) is 0 Å². The molecule has 3 fully saturated rings. The smallest absolute Gasteiger partial charge is 0.0162 e. The molecule has 3 aliphatic carbocycles. The summed E-state index contributed by atoms with van der Waals surface area (Å²) >= 11 is 0. The van der Waals surface area contributed by atoms with Crippen LogP contribution in [0.4, 0.5) is 0 Å². The highest BCUT2D eigenvalue weighted by atomic mass is 17.0. The fourth-order valence-corrected chi connectivity index (χ4v) is 5.72. The van der Waals surface area contributed by atoms with Gasteiger partial charge >= 0.3 is 0 Å². The third kappa shape index (κ3) is 5.10. The van der Waals surface area contributed by atoms with Crippen LogP contribution in [0.2, 0.25) is 0 Å². The van der Waals surface area contributed by atoms with Crippen LogP contribution in [0.25, 0.3) is 0 Å². The molecule has 3 aliphatic rings. The minimum atomic E-state index is 0.865. The minimum absolute atomic E-state index is 0.865. The van der Waals surface area contributed by atoms with E-state index >= 15 is 0 Å². The zero-order valence-electron chi connectivity index (χ0n) is 16.5. The van der Waals surface area contributed by atoms with Crippen LogP contribution in [-0.2, 0) is 0 Å². The Kier molecular flexibility index (Phi) is 8.01. The van der Waals surface area contributed by atoms with Crippen molar-refractivity contribution in [2.75, 3.05) is 0 Å². The Morgan fingerprint density at radius 2 is 0.654 bits per heavy atom. The van der Waals surface area contributed by atoms with Crippen molar-refractivity contribution in [3.63, 3.8) is 0 Å². The van der Waals surface area contributed by atoms with Crippen molar-refractivity contribution in [1.29, 1.82) is 0 Å². The fraction of sp³-hybridized carbons (Fsp3) is 0.750. The standard InChI is InChI=1S/C24H36.H2O2/c1-4-10-19(11-5-1)22-16-23(20-12-6-2-7-13-20)18-24(17-22)21-14-8-3-9-15-21;1-2/h16-21H,1-15H2;1-2H. The number of rotatable bonds is 3. The lowest BCUT2D eigenvalue weighted by Crippen LogP contribution is -2.11. The van der Waals surface area contributed by atoms with Gasteiger partial charge in [-0.2, -0.15) is 0 Å². The van der Waals surface area contributed by atoms with Crippen LogP contribution in [0.3, 0.4) is 0 Å². The molecule has 3 saturated carbocycles. The van der Waals surface area contributed by atoms with Crippen LogP contribution < -0.4 is 0 Å². The topological polar surface area (TPSA) is 40.5 Å². The summed E-state index contributed by atoms with van der Waals surface area (Å²) in [5.41, 5.74) is 5.16. The third-order valence-corrected chi connectivity index (χ3v) is 7.23. The molecule has 146 valence electrons. The summed E-state index contributed by atoms with van der Waals surface area (Å²) in [5, 5.41) is 12.0. The molecule has 2 N–H and O–H groups in total. The summed E-state index contributed by atoms with van der Waals surface area (Å²) in [6.07, 6.45) is 21.8. The Hall–Kier alpha value is -0.860. The summed E-state index contributed by atoms with van der Waals surface area (Å²) < 4.78 is 0. The molecule has 0 radical (unpaired) electrons. The van der Waals surface area contributed by atoms with Crippen LogP contribution in [-0.4, -0.2) is 10.5 Å². The quantitative estimate of drug-likeness (QED) is 0.426. The molecule has 4 rings (SSSR count). The van der Waals surface area contributed by atoms with Crippen molar-refractivity contribution in [2.24, 2.45) is 0 Å². The van der Waals surface area contributed by atoms with Crippen LogP contribution in [0.1, 0.15) is 131 Å². The van der Waals surface area contributed by atoms with Gasteiger partial charge in [0.25, 0.3) is 0 Å². The van der Waals surface area contributed by atoms with Gasteiger partial charge in [0.1, 0.15) is 0 Å². The van der Waals surface area contributed by atoms with Gasteiger partial charge in [0.15, 0.2) is 0 Å². The first-order valence-electron chi connectivity index (χ1n) is 11.2. The zero-order chi connectivity index (χ0) is 18.2. The van der Waals surface area contributed by atoms with E-state index in [1.807, 2.05) is 0 Å². The van der Waals surface area contributed by atoms with Gasteiger partial charge in [0.05, 0.1) is 0 Å². The molecule has 0 amide bonds. The van der Waals surface area contributed by atoms with Gasteiger partial charge in [0, 0.05) is 0 Å². The van der Waals surface area contributed by atoms with E-state index in [2.05, 4.69) is 18.2 Å². The number of benzene rings is 1. The molecule has 0 aliphatic heterocycles. The predicted molar refractivity (Wildman–Crippen MR) is 109 cm³/mol. The van der Waals surface area contributed by atoms with Crippen molar-refractivity contribution in [2.45, 2.75) is 114 Å². The molecule has 1 aromatic rings. The maximum Gasteiger partial charge on any atom is -0.0162 e. The van der Waals surface area contributed by atoms with E-state index in [1.54, 1.807) is 16.7 Å². The Labute approximate surface area is 160 Å². The summed E-state index contributed by atoms with van der Waals surface area (Å²) in [5.74, 6) is 2.60. The zero-order valence-corrected chi connectivity index (χ0v) is 16.5. The van der Waals surface area contributed by atoms with Crippen molar-refractivity contribution in [3.05, 3.63) is 34.9 Å².